The third-order valence-corrected chi connectivity index (χ3v) is 11.7. The van der Waals surface area contributed by atoms with Crippen molar-refractivity contribution in [1.29, 1.82) is 0 Å². The highest BCUT2D eigenvalue weighted by molar-refractivity contribution is 6.11. The Hall–Kier alpha value is -7.17. The van der Waals surface area contributed by atoms with Gasteiger partial charge in [0.25, 0.3) is 0 Å². The number of benzene rings is 7. The zero-order chi connectivity index (χ0) is 37.7. The van der Waals surface area contributed by atoms with Crippen LogP contribution >= 0.6 is 0 Å². The van der Waals surface area contributed by atoms with Crippen LogP contribution in [0.4, 0.5) is 17.1 Å². The second-order valence-electron chi connectivity index (χ2n) is 15.0. The van der Waals surface area contributed by atoms with Crippen molar-refractivity contribution < 1.29 is 4.74 Å². The summed E-state index contributed by atoms with van der Waals surface area (Å²) in [5.74, 6) is 1.03. The zero-order valence-corrected chi connectivity index (χ0v) is 31.4. The predicted octanol–water partition coefficient (Wildman–Crippen LogP) is 13.4. The third kappa shape index (κ3) is 5.80. The monoisotopic (exact) mass is 733 g/mol. The first-order valence-electron chi connectivity index (χ1n) is 19.8. The maximum absolute atomic E-state index is 6.51. The average molecular weight is 734 g/mol. The summed E-state index contributed by atoms with van der Waals surface area (Å²) in [5, 5.41) is 2.45. The summed E-state index contributed by atoms with van der Waals surface area (Å²) in [6, 6.07) is 65.2. The molecule has 272 valence electrons. The molecule has 0 saturated carbocycles. The lowest BCUT2D eigenvalue weighted by Crippen LogP contribution is -2.28. The maximum Gasteiger partial charge on any atom is 0.221 e. The molecule has 0 amide bonds. The fourth-order valence-electron chi connectivity index (χ4n) is 9.02. The topological polar surface area (TPSA) is 29.8 Å². The van der Waals surface area contributed by atoms with E-state index >= 15 is 0 Å². The second kappa shape index (κ2) is 13.8. The van der Waals surface area contributed by atoms with Crippen molar-refractivity contribution in [2.45, 2.75) is 18.9 Å². The molecule has 2 unspecified atom stereocenters. The molecular formula is C53H39N3O. The van der Waals surface area contributed by atoms with Crippen LogP contribution in [0.25, 0.3) is 44.2 Å². The van der Waals surface area contributed by atoms with Gasteiger partial charge in [0.1, 0.15) is 6.10 Å². The van der Waals surface area contributed by atoms with Crippen LogP contribution in [0.3, 0.4) is 0 Å². The van der Waals surface area contributed by atoms with Crippen molar-refractivity contribution >= 4 is 50.3 Å². The van der Waals surface area contributed by atoms with Gasteiger partial charge in [-0.05, 0) is 108 Å². The van der Waals surface area contributed by atoms with Crippen LogP contribution < -0.4 is 4.90 Å². The van der Waals surface area contributed by atoms with Crippen LogP contribution in [0, 0.1) is 5.92 Å². The lowest BCUT2D eigenvalue weighted by Gasteiger charge is -2.32. The number of rotatable bonds is 7. The van der Waals surface area contributed by atoms with Crippen LogP contribution in [0.1, 0.15) is 24.0 Å². The van der Waals surface area contributed by atoms with Gasteiger partial charge in [-0.1, -0.05) is 127 Å². The van der Waals surface area contributed by atoms with E-state index in [-0.39, 0.29) is 6.10 Å². The van der Waals surface area contributed by atoms with Crippen molar-refractivity contribution in [3.63, 3.8) is 0 Å². The lowest BCUT2D eigenvalue weighted by molar-refractivity contribution is 0.184. The molecule has 2 heterocycles. The second-order valence-corrected chi connectivity index (χ2v) is 15.0. The first-order chi connectivity index (χ1) is 28.3. The summed E-state index contributed by atoms with van der Waals surface area (Å²) in [6.07, 6.45) is 8.75. The van der Waals surface area contributed by atoms with E-state index in [1.165, 1.54) is 49.6 Å². The number of aliphatic imine (C=N–C) groups is 1. The Labute approximate surface area is 332 Å². The van der Waals surface area contributed by atoms with E-state index in [0.717, 1.165) is 52.7 Å². The van der Waals surface area contributed by atoms with E-state index < -0.39 is 0 Å². The summed E-state index contributed by atoms with van der Waals surface area (Å²) >= 11 is 0. The van der Waals surface area contributed by atoms with Crippen LogP contribution in [0.2, 0.25) is 0 Å². The minimum atomic E-state index is -0.0299. The first-order valence-corrected chi connectivity index (χ1v) is 19.8. The summed E-state index contributed by atoms with van der Waals surface area (Å²) < 4.78 is 8.88. The molecule has 4 nitrogen and oxygen atoms in total. The molecule has 7 aromatic carbocycles. The van der Waals surface area contributed by atoms with Gasteiger partial charge in [-0.2, -0.15) is 0 Å². The minimum Gasteiger partial charge on any atom is -0.467 e. The Kier molecular flexibility index (Phi) is 8.06. The van der Waals surface area contributed by atoms with Gasteiger partial charge in [0.15, 0.2) is 0 Å². The summed E-state index contributed by atoms with van der Waals surface area (Å²) in [5.41, 5.74) is 15.2. The quantitative estimate of drug-likeness (QED) is 0.163. The Morgan fingerprint density at radius 1 is 0.561 bits per heavy atom. The fraction of sp³-hybridized carbons (Fsp3) is 0.0755. The molecular weight excluding hydrogens is 695 g/mol. The molecule has 0 radical (unpaired) electrons. The summed E-state index contributed by atoms with van der Waals surface area (Å²) in [7, 11) is 0. The lowest BCUT2D eigenvalue weighted by atomic mass is 9.77. The average Bonchev–Trinajstić information content (AvgIpc) is 3.88. The van der Waals surface area contributed by atoms with E-state index in [1.54, 1.807) is 0 Å². The highest BCUT2D eigenvalue weighted by Gasteiger charge is 2.38. The smallest absolute Gasteiger partial charge is 0.221 e. The van der Waals surface area contributed by atoms with Gasteiger partial charge < -0.3 is 14.2 Å². The van der Waals surface area contributed by atoms with Crippen LogP contribution in [-0.4, -0.2) is 16.6 Å². The normalized spacial score (nSPS) is 17.2. The van der Waals surface area contributed by atoms with E-state index in [4.69, 9.17) is 9.73 Å². The Bertz CT molecular complexity index is 2920. The number of aromatic nitrogens is 1. The number of ether oxygens (including phenoxy) is 1. The van der Waals surface area contributed by atoms with Gasteiger partial charge in [0.2, 0.25) is 5.90 Å². The molecule has 0 bridgehead atoms. The van der Waals surface area contributed by atoms with E-state index in [9.17, 15) is 0 Å². The van der Waals surface area contributed by atoms with Gasteiger partial charge >= 0.3 is 0 Å². The molecule has 2 aliphatic carbocycles. The van der Waals surface area contributed by atoms with Crippen LogP contribution in [-0.2, 0) is 4.74 Å². The minimum absolute atomic E-state index is 0.0299. The number of hydrogen-bond donors (Lipinski definition) is 0. The van der Waals surface area contributed by atoms with Gasteiger partial charge in [-0.15, -0.1) is 0 Å². The SMILES string of the molecule is C1=C(c2ccc(N(c3ccc4c(c3)c3ccccc3n4-c3ccccc3)c3ccccc3-c3ccccc3)cc2)CCC2C1=CC=C1N=C(c3ccccc3)OC12. The van der Waals surface area contributed by atoms with Crippen molar-refractivity contribution in [2.24, 2.45) is 10.9 Å². The number of nitrogens with zero attached hydrogens (tertiary/aromatic N) is 3. The number of para-hydroxylation sites is 3. The number of fused-ring (bicyclic) bond motifs is 6. The molecule has 3 aliphatic rings. The molecule has 11 rings (SSSR count). The van der Waals surface area contributed by atoms with Gasteiger partial charge in [-0.25, -0.2) is 4.99 Å². The fourth-order valence-corrected chi connectivity index (χ4v) is 9.02. The van der Waals surface area contributed by atoms with Gasteiger partial charge in [-0.3, -0.25) is 0 Å². The van der Waals surface area contributed by atoms with Crippen molar-refractivity contribution in [1.82, 2.24) is 4.57 Å². The summed E-state index contributed by atoms with van der Waals surface area (Å²) in [6.45, 7) is 0. The van der Waals surface area contributed by atoms with Gasteiger partial charge in [0, 0.05) is 44.9 Å². The molecule has 8 aromatic rings. The molecule has 0 spiro atoms. The molecule has 4 heteroatoms. The zero-order valence-electron chi connectivity index (χ0n) is 31.4. The Morgan fingerprint density at radius 3 is 2.04 bits per heavy atom. The van der Waals surface area contributed by atoms with E-state index in [0.29, 0.717) is 5.92 Å². The van der Waals surface area contributed by atoms with Crippen molar-refractivity contribution in [3.05, 3.63) is 223 Å². The number of allylic oxidation sites excluding steroid dienone is 4. The molecule has 1 aliphatic heterocycles. The third-order valence-electron chi connectivity index (χ3n) is 11.7. The molecule has 57 heavy (non-hydrogen) atoms. The van der Waals surface area contributed by atoms with Crippen molar-refractivity contribution in [2.75, 3.05) is 4.90 Å². The highest BCUT2D eigenvalue weighted by atomic mass is 16.5. The number of anilines is 3. The molecule has 0 N–H and O–H groups in total. The Morgan fingerprint density at radius 2 is 1.23 bits per heavy atom. The van der Waals surface area contributed by atoms with E-state index in [1.807, 2.05) is 18.2 Å². The standard InChI is InChI=1S/C53H39N3O/c1-4-14-37(15-5-1)44-20-10-12-22-49(44)55(43-30-33-51-47(35-43)46-21-11-13-23-50(46)56(51)41-18-8-3-9-19-41)42-28-24-36(25-29-42)39-26-31-45-40(34-39)27-32-48-52(45)57-53(54-48)38-16-6-2-7-17-38/h1-25,27-30,32-35,45,52H,26,31H2. The van der Waals surface area contributed by atoms with Gasteiger partial charge in [0.05, 0.1) is 22.4 Å². The first kappa shape index (κ1) is 33.2. The largest absolute Gasteiger partial charge is 0.467 e. The van der Waals surface area contributed by atoms with Crippen molar-refractivity contribution in [3.8, 4) is 16.8 Å². The molecule has 2 atom stereocenters. The molecule has 0 fully saturated rings. The maximum atomic E-state index is 6.51. The summed E-state index contributed by atoms with van der Waals surface area (Å²) in [4.78, 5) is 7.30. The number of hydrogen-bond acceptors (Lipinski definition) is 3. The van der Waals surface area contributed by atoms with Crippen LogP contribution in [0.15, 0.2) is 216 Å². The Balaban J connectivity index is 0.988. The van der Waals surface area contributed by atoms with Crippen LogP contribution in [0.5, 0.6) is 0 Å². The van der Waals surface area contributed by atoms with E-state index in [2.05, 4.69) is 191 Å². The molecule has 1 aromatic heterocycles. The predicted molar refractivity (Wildman–Crippen MR) is 236 cm³/mol. The molecule has 0 saturated heterocycles. The highest BCUT2D eigenvalue weighted by Crippen LogP contribution is 2.46.